The maximum Gasteiger partial charge on any atom is 0.408 e. The number of hydrogen-bond donors (Lipinski definition) is 1. The largest absolute Gasteiger partial charge is 0.460 e. The van der Waals surface area contributed by atoms with Crippen molar-refractivity contribution in [1.29, 1.82) is 0 Å². The number of nitrogens with one attached hydrogen (secondary N) is 1. The first-order valence-electron chi connectivity index (χ1n) is 8.29. The number of esters is 2. The van der Waals surface area contributed by atoms with Gasteiger partial charge in [-0.15, -0.1) is 0 Å². The molecular weight excluding hydrogens is 314 g/mol. The summed E-state index contributed by atoms with van der Waals surface area (Å²) in [6, 6.07) is 0. The van der Waals surface area contributed by atoms with Crippen LogP contribution in [0.15, 0.2) is 0 Å². The van der Waals surface area contributed by atoms with Crippen LogP contribution in [0, 0.1) is 17.8 Å². The zero-order valence-corrected chi connectivity index (χ0v) is 15.0. The molecule has 5 atom stereocenters. The Kier molecular flexibility index (Phi) is 3.45. The SMILES string of the molecule is CC(C)(C)OC(=O)N[C@]12C[C@H](OC1=O)[C@H]1[C@H](C(=O)OC(C)(C)C)[C@H]12. The van der Waals surface area contributed by atoms with Crippen LogP contribution < -0.4 is 5.32 Å². The van der Waals surface area contributed by atoms with Crippen molar-refractivity contribution in [2.24, 2.45) is 17.8 Å². The molecule has 0 spiro atoms. The average molecular weight is 339 g/mol. The van der Waals surface area contributed by atoms with E-state index in [1.54, 1.807) is 41.5 Å². The van der Waals surface area contributed by atoms with Crippen LogP contribution in [0.4, 0.5) is 4.79 Å². The highest BCUT2D eigenvalue weighted by molar-refractivity contribution is 5.93. The lowest BCUT2D eigenvalue weighted by molar-refractivity contribution is -0.158. The number of hydrogen-bond acceptors (Lipinski definition) is 6. The van der Waals surface area contributed by atoms with Gasteiger partial charge in [0.15, 0.2) is 0 Å². The van der Waals surface area contributed by atoms with Gasteiger partial charge in [0.25, 0.3) is 0 Å². The van der Waals surface area contributed by atoms with Crippen LogP contribution in [-0.2, 0) is 23.8 Å². The molecular formula is C17H25NO6. The second kappa shape index (κ2) is 4.86. The molecule has 3 fully saturated rings. The molecule has 24 heavy (non-hydrogen) atoms. The van der Waals surface area contributed by atoms with Crippen LogP contribution in [0.3, 0.4) is 0 Å². The van der Waals surface area contributed by atoms with Gasteiger partial charge >= 0.3 is 18.0 Å². The van der Waals surface area contributed by atoms with Crippen molar-refractivity contribution < 1.29 is 28.6 Å². The molecule has 7 heteroatoms. The molecule has 3 aliphatic rings. The summed E-state index contributed by atoms with van der Waals surface area (Å²) >= 11 is 0. The van der Waals surface area contributed by atoms with E-state index in [1.165, 1.54) is 0 Å². The van der Waals surface area contributed by atoms with Gasteiger partial charge in [-0.2, -0.15) is 0 Å². The molecule has 7 nitrogen and oxygen atoms in total. The molecule has 0 aromatic rings. The lowest BCUT2D eigenvalue weighted by Gasteiger charge is -2.28. The number of carbonyl (C=O) groups excluding carboxylic acids is 3. The summed E-state index contributed by atoms with van der Waals surface area (Å²) in [7, 11) is 0. The summed E-state index contributed by atoms with van der Waals surface area (Å²) < 4.78 is 16.0. The van der Waals surface area contributed by atoms with Gasteiger partial charge in [-0.3, -0.25) is 4.79 Å². The first kappa shape index (κ1) is 17.0. The molecule has 1 heterocycles. The predicted molar refractivity (Wildman–Crippen MR) is 82.9 cm³/mol. The summed E-state index contributed by atoms with van der Waals surface area (Å²) in [6.07, 6.45) is -0.620. The second-order valence-corrected chi connectivity index (χ2v) is 8.91. The third kappa shape index (κ3) is 2.74. The number of amides is 1. The zero-order chi connectivity index (χ0) is 18.1. The van der Waals surface area contributed by atoms with Crippen molar-refractivity contribution in [3.63, 3.8) is 0 Å². The maximum atomic E-state index is 12.4. The molecule has 3 rings (SSSR count). The topological polar surface area (TPSA) is 90.9 Å². The van der Waals surface area contributed by atoms with Crippen molar-refractivity contribution in [2.45, 2.75) is 70.8 Å². The van der Waals surface area contributed by atoms with Gasteiger partial charge in [0.2, 0.25) is 0 Å². The minimum Gasteiger partial charge on any atom is -0.460 e. The van der Waals surface area contributed by atoms with E-state index in [0.29, 0.717) is 6.42 Å². The number of rotatable bonds is 2. The van der Waals surface area contributed by atoms with E-state index < -0.39 is 34.7 Å². The van der Waals surface area contributed by atoms with E-state index in [0.717, 1.165) is 0 Å². The Hall–Kier alpha value is -1.79. The third-order valence-electron chi connectivity index (χ3n) is 4.62. The monoisotopic (exact) mass is 339 g/mol. The molecule has 1 amide bonds. The molecule has 1 aliphatic heterocycles. The van der Waals surface area contributed by atoms with Crippen LogP contribution >= 0.6 is 0 Å². The minimum absolute atomic E-state index is 0.0764. The van der Waals surface area contributed by atoms with Crippen LogP contribution in [0.5, 0.6) is 0 Å². The van der Waals surface area contributed by atoms with Crippen LogP contribution in [0.1, 0.15) is 48.0 Å². The van der Waals surface area contributed by atoms with Crippen LogP contribution in [0.2, 0.25) is 0 Å². The summed E-state index contributed by atoms with van der Waals surface area (Å²) in [4.78, 5) is 36.8. The highest BCUT2D eigenvalue weighted by atomic mass is 16.6. The summed E-state index contributed by atoms with van der Waals surface area (Å²) in [5.41, 5.74) is -2.43. The predicted octanol–water partition coefficient (Wildman–Crippen LogP) is 1.78. The van der Waals surface area contributed by atoms with E-state index >= 15 is 0 Å². The van der Waals surface area contributed by atoms with Gasteiger partial charge in [-0.25, -0.2) is 9.59 Å². The number of alkyl carbamates (subject to hydrolysis) is 1. The van der Waals surface area contributed by atoms with Gasteiger partial charge in [-0.1, -0.05) is 0 Å². The van der Waals surface area contributed by atoms with E-state index in [9.17, 15) is 14.4 Å². The Morgan fingerprint density at radius 2 is 1.71 bits per heavy atom. The van der Waals surface area contributed by atoms with Gasteiger partial charge in [0, 0.05) is 18.3 Å². The van der Waals surface area contributed by atoms with E-state index in [1.807, 2.05) is 0 Å². The second-order valence-electron chi connectivity index (χ2n) is 8.91. The minimum atomic E-state index is -1.17. The molecule has 134 valence electrons. The molecule has 2 aliphatic carbocycles. The van der Waals surface area contributed by atoms with Crippen molar-refractivity contribution >= 4 is 18.0 Å². The molecule has 0 aromatic carbocycles. The van der Waals surface area contributed by atoms with Gasteiger partial charge < -0.3 is 19.5 Å². The first-order chi connectivity index (χ1) is 10.8. The lowest BCUT2D eigenvalue weighted by Crippen LogP contribution is -2.55. The third-order valence-corrected chi connectivity index (χ3v) is 4.62. The molecule has 1 N–H and O–H groups in total. The van der Waals surface area contributed by atoms with Crippen LogP contribution in [0.25, 0.3) is 0 Å². The van der Waals surface area contributed by atoms with Crippen LogP contribution in [-0.4, -0.2) is 40.9 Å². The van der Waals surface area contributed by atoms with Crippen molar-refractivity contribution in [2.75, 3.05) is 0 Å². The van der Waals surface area contributed by atoms with Gasteiger partial charge in [0.1, 0.15) is 22.8 Å². The Bertz CT molecular complexity index is 601. The first-order valence-corrected chi connectivity index (χ1v) is 8.29. The number of fused-ring (bicyclic) bond motifs is 5. The normalized spacial score (nSPS) is 36.7. The Morgan fingerprint density at radius 1 is 1.12 bits per heavy atom. The van der Waals surface area contributed by atoms with Crippen molar-refractivity contribution in [3.8, 4) is 0 Å². The maximum absolute atomic E-state index is 12.4. The average Bonchev–Trinajstić information content (AvgIpc) is 2.92. The van der Waals surface area contributed by atoms with Gasteiger partial charge in [0.05, 0.1) is 5.92 Å². The summed E-state index contributed by atoms with van der Waals surface area (Å²) in [5, 5.41) is 2.69. The molecule has 0 radical (unpaired) electrons. The standard InChI is InChI=1S/C17H25NO6/c1-15(2,3)23-12(19)10-9-8-7-17(11(9)10,13(20)22-8)18-14(21)24-16(4,5)6/h8-11H,7H2,1-6H3,(H,18,21)/t8-,9-,10-,11-,17-/m0/s1. The fourth-order valence-corrected chi connectivity index (χ4v) is 3.95. The highest BCUT2D eigenvalue weighted by Gasteiger charge is 2.81. The fourth-order valence-electron chi connectivity index (χ4n) is 3.95. The number of ether oxygens (including phenoxy) is 3. The molecule has 0 aromatic heterocycles. The number of carbonyl (C=O) groups is 3. The summed E-state index contributed by atoms with van der Waals surface area (Å²) in [5.74, 6) is -1.58. The lowest BCUT2D eigenvalue weighted by atomic mass is 9.92. The fraction of sp³-hybridized carbons (Fsp3) is 0.824. The van der Waals surface area contributed by atoms with Gasteiger partial charge in [-0.05, 0) is 41.5 Å². The Balaban J connectivity index is 1.75. The Labute approximate surface area is 141 Å². The zero-order valence-electron chi connectivity index (χ0n) is 15.0. The highest BCUT2D eigenvalue weighted by Crippen LogP contribution is 2.67. The molecule has 1 saturated heterocycles. The molecule has 2 bridgehead atoms. The van der Waals surface area contributed by atoms with E-state index in [2.05, 4.69) is 5.32 Å². The quantitative estimate of drug-likeness (QED) is 0.609. The van der Waals surface area contributed by atoms with E-state index in [-0.39, 0.29) is 23.9 Å². The Morgan fingerprint density at radius 3 is 2.25 bits per heavy atom. The van der Waals surface area contributed by atoms with E-state index in [4.69, 9.17) is 14.2 Å². The molecule has 2 saturated carbocycles. The van der Waals surface area contributed by atoms with Crippen molar-refractivity contribution in [1.82, 2.24) is 5.32 Å². The molecule has 0 unspecified atom stereocenters. The smallest absolute Gasteiger partial charge is 0.408 e. The van der Waals surface area contributed by atoms with Crippen molar-refractivity contribution in [3.05, 3.63) is 0 Å². The summed E-state index contributed by atoms with van der Waals surface area (Å²) in [6.45, 7) is 10.6.